The first kappa shape index (κ1) is 22.6. The molecule has 1 aromatic carbocycles. The Morgan fingerprint density at radius 3 is 2.76 bits per heavy atom. The summed E-state index contributed by atoms with van der Waals surface area (Å²) in [6, 6.07) is 10.4. The average Bonchev–Trinajstić information content (AvgIpc) is 3.05. The Hall–Kier alpha value is -3.22. The molecule has 0 unspecified atom stereocenters. The average molecular weight is 463 g/mol. The van der Waals surface area contributed by atoms with Crippen molar-refractivity contribution in [2.24, 2.45) is 40.1 Å². The van der Waals surface area contributed by atoms with Crippen molar-refractivity contribution in [3.63, 3.8) is 0 Å². The van der Waals surface area contributed by atoms with E-state index in [-0.39, 0.29) is 35.7 Å². The van der Waals surface area contributed by atoms with Gasteiger partial charge in [-0.25, -0.2) is 14.2 Å². The Balaban J connectivity index is 1.47. The van der Waals surface area contributed by atoms with Crippen LogP contribution >= 0.6 is 0 Å². The predicted molar refractivity (Wildman–Crippen MR) is 130 cm³/mol. The van der Waals surface area contributed by atoms with Crippen molar-refractivity contribution in [2.75, 3.05) is 0 Å². The smallest absolute Gasteiger partial charge is 0.334 e. The summed E-state index contributed by atoms with van der Waals surface area (Å²) in [5, 5.41) is 0. The molecule has 2 aliphatic carbocycles. The van der Waals surface area contributed by atoms with E-state index in [1.807, 2.05) is 31.2 Å². The molecule has 1 saturated heterocycles. The molecule has 2 heterocycles. The van der Waals surface area contributed by atoms with Crippen molar-refractivity contribution in [1.29, 1.82) is 0 Å². The van der Waals surface area contributed by atoms with E-state index < -0.39 is 5.54 Å². The van der Waals surface area contributed by atoms with Gasteiger partial charge < -0.3 is 16.2 Å². The zero-order chi connectivity index (χ0) is 23.9. The molecule has 0 radical (unpaired) electrons. The number of fused-ring (bicyclic) bond motifs is 2. The molecular weight excluding hydrogens is 431 g/mol. The van der Waals surface area contributed by atoms with Crippen LogP contribution in [0.15, 0.2) is 53.7 Å². The van der Waals surface area contributed by atoms with Gasteiger partial charge in [0.15, 0.2) is 11.5 Å². The third-order valence-electron chi connectivity index (χ3n) is 7.92. The standard InChI is InChI=1S/C27H31FN4O2/c1-16-24-23(12-11-21-10-9-19(15-31-21)17-6-4-7-20(28)13-17)22-8-3-2-5-18(22)14-27(24,25(33)34-16)32-26(29)30/h4,6-7,9-13,15-16,18,22-24H,2-3,5,8,14H2,1H3,(H4,29,30,32)/b12-11+/t16-,18+,22-,23+,24+,27+/m1/s1. The summed E-state index contributed by atoms with van der Waals surface area (Å²) >= 11 is 0. The number of cyclic esters (lactones) is 1. The van der Waals surface area contributed by atoms with Crippen molar-refractivity contribution in [2.45, 2.75) is 50.7 Å². The van der Waals surface area contributed by atoms with Gasteiger partial charge in [0.1, 0.15) is 11.9 Å². The maximum absolute atomic E-state index is 13.6. The van der Waals surface area contributed by atoms with Crippen LogP contribution in [0.5, 0.6) is 0 Å². The fourth-order valence-electron chi connectivity index (χ4n) is 6.59. The molecule has 6 atom stereocenters. The number of hydrogen-bond acceptors (Lipinski definition) is 4. The largest absolute Gasteiger partial charge is 0.460 e. The lowest BCUT2D eigenvalue weighted by Crippen LogP contribution is -2.54. The number of allylic oxidation sites excluding steroid dienone is 1. The molecule has 0 bridgehead atoms. The van der Waals surface area contributed by atoms with E-state index >= 15 is 0 Å². The SMILES string of the molecule is C[C@H]1OC(=O)[C@]2(N=C(N)N)C[C@@H]3CCCC[C@H]3[C@H](/C=C/c3ccc(-c4cccc(F)c4)cn3)[C@H]12. The Morgan fingerprint density at radius 1 is 1.21 bits per heavy atom. The zero-order valence-corrected chi connectivity index (χ0v) is 19.4. The van der Waals surface area contributed by atoms with Crippen LogP contribution in [0.4, 0.5) is 4.39 Å². The number of rotatable bonds is 4. The van der Waals surface area contributed by atoms with Crippen LogP contribution in [0, 0.1) is 29.5 Å². The topological polar surface area (TPSA) is 104 Å². The highest BCUT2D eigenvalue weighted by Crippen LogP contribution is 2.56. The lowest BCUT2D eigenvalue weighted by Gasteiger charge is -2.49. The van der Waals surface area contributed by atoms with E-state index in [0.29, 0.717) is 18.3 Å². The van der Waals surface area contributed by atoms with Gasteiger partial charge in [-0.1, -0.05) is 43.5 Å². The molecular formula is C27H31FN4O2. The van der Waals surface area contributed by atoms with E-state index in [4.69, 9.17) is 16.2 Å². The Kier molecular flexibility index (Phi) is 5.88. The molecule has 178 valence electrons. The monoisotopic (exact) mass is 462 g/mol. The van der Waals surface area contributed by atoms with Gasteiger partial charge in [0.25, 0.3) is 0 Å². The van der Waals surface area contributed by atoms with Crippen molar-refractivity contribution in [3.05, 3.63) is 60.2 Å². The Bertz CT molecular complexity index is 1130. The molecule has 3 aliphatic rings. The van der Waals surface area contributed by atoms with Gasteiger partial charge in [0.05, 0.1) is 5.69 Å². The third kappa shape index (κ3) is 3.97. The maximum Gasteiger partial charge on any atom is 0.334 e. The molecule has 2 saturated carbocycles. The summed E-state index contributed by atoms with van der Waals surface area (Å²) in [7, 11) is 0. The van der Waals surface area contributed by atoms with Gasteiger partial charge in [-0.05, 0) is 67.4 Å². The highest BCUT2D eigenvalue weighted by Gasteiger charge is 2.64. The second-order valence-electron chi connectivity index (χ2n) is 9.93. The number of halogens is 1. The summed E-state index contributed by atoms with van der Waals surface area (Å²) in [4.78, 5) is 22.2. The van der Waals surface area contributed by atoms with Crippen LogP contribution in [0.25, 0.3) is 17.2 Å². The van der Waals surface area contributed by atoms with Crippen LogP contribution in [-0.2, 0) is 9.53 Å². The summed E-state index contributed by atoms with van der Waals surface area (Å²) in [5.74, 6) is 0.177. The minimum absolute atomic E-state index is 0.0670. The zero-order valence-electron chi connectivity index (χ0n) is 19.4. The second kappa shape index (κ2) is 8.85. The van der Waals surface area contributed by atoms with Crippen LogP contribution in [-0.4, -0.2) is 28.6 Å². The highest BCUT2D eigenvalue weighted by atomic mass is 19.1. The normalized spacial score (nSPS) is 32.6. The lowest BCUT2D eigenvalue weighted by atomic mass is 9.54. The summed E-state index contributed by atoms with van der Waals surface area (Å²) in [6.45, 7) is 1.95. The molecule has 7 heteroatoms. The molecule has 1 aliphatic heterocycles. The molecule has 0 amide bonds. The van der Waals surface area contributed by atoms with Gasteiger partial charge in [-0.3, -0.25) is 4.98 Å². The van der Waals surface area contributed by atoms with Crippen molar-refractivity contribution >= 4 is 18.0 Å². The van der Waals surface area contributed by atoms with Gasteiger partial charge in [-0.15, -0.1) is 0 Å². The Morgan fingerprint density at radius 2 is 2.03 bits per heavy atom. The predicted octanol–water partition coefficient (Wildman–Crippen LogP) is 4.30. The fraction of sp³-hybridized carbons (Fsp3) is 0.444. The summed E-state index contributed by atoms with van der Waals surface area (Å²) in [5.41, 5.74) is 13.0. The van der Waals surface area contributed by atoms with E-state index in [0.717, 1.165) is 36.1 Å². The number of ether oxygens (including phenoxy) is 1. The van der Waals surface area contributed by atoms with E-state index in [2.05, 4.69) is 16.1 Å². The summed E-state index contributed by atoms with van der Waals surface area (Å²) in [6.07, 6.45) is 10.9. The lowest BCUT2D eigenvalue weighted by molar-refractivity contribution is -0.145. The second-order valence-corrected chi connectivity index (χ2v) is 9.93. The van der Waals surface area contributed by atoms with Crippen LogP contribution in [0.1, 0.15) is 44.7 Å². The Labute approximate surface area is 199 Å². The molecule has 34 heavy (non-hydrogen) atoms. The van der Waals surface area contributed by atoms with E-state index in [1.165, 1.54) is 18.6 Å². The molecule has 2 aromatic rings. The third-order valence-corrected chi connectivity index (χ3v) is 7.92. The number of aliphatic imine (C=N–C) groups is 1. The molecule has 5 rings (SSSR count). The van der Waals surface area contributed by atoms with Gasteiger partial charge in [0, 0.05) is 17.7 Å². The molecule has 0 spiro atoms. The highest BCUT2D eigenvalue weighted by molar-refractivity contribution is 5.88. The van der Waals surface area contributed by atoms with E-state index in [9.17, 15) is 9.18 Å². The number of esters is 1. The first-order valence-corrected chi connectivity index (χ1v) is 12.1. The molecule has 6 nitrogen and oxygen atoms in total. The van der Waals surface area contributed by atoms with Gasteiger partial charge >= 0.3 is 5.97 Å². The first-order valence-electron chi connectivity index (χ1n) is 12.1. The number of nitrogens with two attached hydrogens (primary N) is 2. The number of pyridine rings is 1. The number of aromatic nitrogens is 1. The van der Waals surface area contributed by atoms with Crippen LogP contribution in [0.2, 0.25) is 0 Å². The van der Waals surface area contributed by atoms with Crippen molar-refractivity contribution in [1.82, 2.24) is 4.98 Å². The van der Waals surface area contributed by atoms with Crippen LogP contribution < -0.4 is 11.5 Å². The number of carbonyl (C=O) groups excluding carboxylic acids is 1. The molecule has 4 N–H and O–H groups in total. The van der Waals surface area contributed by atoms with Crippen molar-refractivity contribution in [3.8, 4) is 11.1 Å². The number of hydrogen-bond donors (Lipinski definition) is 2. The minimum atomic E-state index is -1.01. The fourth-order valence-corrected chi connectivity index (χ4v) is 6.59. The quantitative estimate of drug-likeness (QED) is 0.401. The van der Waals surface area contributed by atoms with Crippen molar-refractivity contribution < 1.29 is 13.9 Å². The van der Waals surface area contributed by atoms with E-state index in [1.54, 1.807) is 12.3 Å². The van der Waals surface area contributed by atoms with Gasteiger partial charge in [0.2, 0.25) is 0 Å². The number of carbonyl (C=O) groups is 1. The maximum atomic E-state index is 13.6. The number of guanidine groups is 1. The molecule has 3 fully saturated rings. The van der Waals surface area contributed by atoms with Gasteiger partial charge in [-0.2, -0.15) is 0 Å². The number of nitrogens with zero attached hydrogens (tertiary/aromatic N) is 2. The first-order chi connectivity index (χ1) is 16.4. The molecule has 1 aromatic heterocycles. The summed E-state index contributed by atoms with van der Waals surface area (Å²) < 4.78 is 19.3. The minimum Gasteiger partial charge on any atom is -0.460 e. The van der Waals surface area contributed by atoms with Crippen LogP contribution in [0.3, 0.4) is 0 Å². The number of benzene rings is 1.